The van der Waals surface area contributed by atoms with Gasteiger partial charge in [-0.25, -0.2) is 0 Å². The van der Waals surface area contributed by atoms with Crippen LogP contribution in [-0.4, -0.2) is 27.7 Å². The summed E-state index contributed by atoms with van der Waals surface area (Å²) in [6.07, 6.45) is 2.86. The Morgan fingerprint density at radius 2 is 1.73 bits per heavy atom. The van der Waals surface area contributed by atoms with Gasteiger partial charge in [-0.2, -0.15) is 0 Å². The Labute approximate surface area is 67.7 Å². The van der Waals surface area contributed by atoms with Gasteiger partial charge in [0.1, 0.15) is 0 Å². The van der Waals surface area contributed by atoms with Crippen molar-refractivity contribution in [3.8, 4) is 0 Å². The van der Waals surface area contributed by atoms with Gasteiger partial charge >= 0.3 is 0 Å². The Hall–Kier alpha value is -0.120. The molecule has 0 spiro atoms. The zero-order valence-corrected chi connectivity index (χ0v) is 7.08. The third-order valence-corrected chi connectivity index (χ3v) is 1.64. The first kappa shape index (κ1) is 10.9. The van der Waals surface area contributed by atoms with Crippen LogP contribution in [-0.2, 0) is 0 Å². The lowest BCUT2D eigenvalue weighted by atomic mass is 10.0. The van der Waals surface area contributed by atoms with Crippen LogP contribution in [0.2, 0.25) is 0 Å². The van der Waals surface area contributed by atoms with Crippen LogP contribution in [0.15, 0.2) is 0 Å². The quantitative estimate of drug-likeness (QED) is 0.396. The fourth-order valence-electron chi connectivity index (χ4n) is 1.05. The molecule has 0 aromatic heterocycles. The summed E-state index contributed by atoms with van der Waals surface area (Å²) in [6.45, 7) is 2.04. The van der Waals surface area contributed by atoms with Gasteiger partial charge in [-0.15, -0.1) is 0 Å². The summed E-state index contributed by atoms with van der Waals surface area (Å²) in [5.41, 5.74) is 0. The average Bonchev–Trinajstić information content (AvgIpc) is 1.87. The standard InChI is InChI=1S/C8H18O3/c1-2-5-8(10,11)6-3-4-7-9/h9-11H,2-7H2,1H3. The van der Waals surface area contributed by atoms with Crippen molar-refractivity contribution < 1.29 is 15.3 Å². The molecule has 0 saturated carbocycles. The number of unbranched alkanes of at least 4 members (excludes halogenated alkanes) is 1. The third-order valence-electron chi connectivity index (χ3n) is 1.64. The Bertz CT molecular complexity index is 91.3. The molecule has 11 heavy (non-hydrogen) atoms. The van der Waals surface area contributed by atoms with Crippen molar-refractivity contribution in [3.05, 3.63) is 0 Å². The second-order valence-corrected chi connectivity index (χ2v) is 2.91. The zero-order chi connectivity index (χ0) is 8.74. The summed E-state index contributed by atoms with van der Waals surface area (Å²) in [5, 5.41) is 26.9. The van der Waals surface area contributed by atoms with E-state index in [9.17, 15) is 10.2 Å². The summed E-state index contributed by atoms with van der Waals surface area (Å²) in [4.78, 5) is 0. The molecular weight excluding hydrogens is 144 g/mol. The zero-order valence-electron chi connectivity index (χ0n) is 7.08. The van der Waals surface area contributed by atoms with Crippen molar-refractivity contribution >= 4 is 0 Å². The Morgan fingerprint density at radius 3 is 2.18 bits per heavy atom. The molecule has 0 aliphatic carbocycles. The fourth-order valence-corrected chi connectivity index (χ4v) is 1.05. The smallest absolute Gasteiger partial charge is 0.162 e. The summed E-state index contributed by atoms with van der Waals surface area (Å²) < 4.78 is 0. The van der Waals surface area contributed by atoms with Gasteiger partial charge in [0, 0.05) is 19.4 Å². The van der Waals surface area contributed by atoms with E-state index < -0.39 is 5.79 Å². The van der Waals surface area contributed by atoms with E-state index in [4.69, 9.17) is 5.11 Å². The van der Waals surface area contributed by atoms with Gasteiger partial charge in [0.25, 0.3) is 0 Å². The van der Waals surface area contributed by atoms with E-state index in [-0.39, 0.29) is 6.61 Å². The van der Waals surface area contributed by atoms with Crippen molar-refractivity contribution in [1.29, 1.82) is 0 Å². The second kappa shape index (κ2) is 5.52. The Kier molecular flexibility index (Phi) is 5.46. The van der Waals surface area contributed by atoms with Crippen LogP contribution in [0.5, 0.6) is 0 Å². The lowest BCUT2D eigenvalue weighted by molar-refractivity contribution is -0.171. The monoisotopic (exact) mass is 162 g/mol. The van der Waals surface area contributed by atoms with Crippen LogP contribution in [0.3, 0.4) is 0 Å². The van der Waals surface area contributed by atoms with Crippen molar-refractivity contribution in [2.24, 2.45) is 0 Å². The Morgan fingerprint density at radius 1 is 1.09 bits per heavy atom. The van der Waals surface area contributed by atoms with E-state index in [0.717, 1.165) is 6.42 Å². The lowest BCUT2D eigenvalue weighted by Crippen LogP contribution is -2.27. The second-order valence-electron chi connectivity index (χ2n) is 2.91. The summed E-state index contributed by atoms with van der Waals surface area (Å²) in [5.74, 6) is -1.51. The van der Waals surface area contributed by atoms with Crippen LogP contribution in [0.1, 0.15) is 39.0 Å². The van der Waals surface area contributed by atoms with E-state index in [0.29, 0.717) is 25.7 Å². The minimum Gasteiger partial charge on any atom is -0.396 e. The topological polar surface area (TPSA) is 60.7 Å². The predicted octanol–water partition coefficient (Wildman–Crippen LogP) is 0.630. The molecule has 3 heteroatoms. The number of aliphatic hydroxyl groups is 3. The van der Waals surface area contributed by atoms with Gasteiger partial charge in [-0.05, 0) is 12.8 Å². The van der Waals surface area contributed by atoms with E-state index in [1.807, 2.05) is 6.92 Å². The first-order chi connectivity index (χ1) is 5.12. The maximum absolute atomic E-state index is 9.22. The van der Waals surface area contributed by atoms with E-state index in [1.54, 1.807) is 0 Å². The molecule has 0 unspecified atom stereocenters. The minimum absolute atomic E-state index is 0.127. The van der Waals surface area contributed by atoms with Crippen LogP contribution < -0.4 is 0 Å². The summed E-state index contributed by atoms with van der Waals surface area (Å²) >= 11 is 0. The highest BCUT2D eigenvalue weighted by Gasteiger charge is 2.20. The largest absolute Gasteiger partial charge is 0.396 e. The van der Waals surface area contributed by atoms with Gasteiger partial charge in [0.2, 0.25) is 0 Å². The molecular formula is C8H18O3. The maximum Gasteiger partial charge on any atom is 0.162 e. The van der Waals surface area contributed by atoms with Crippen molar-refractivity contribution in [1.82, 2.24) is 0 Å². The summed E-state index contributed by atoms with van der Waals surface area (Å²) in [7, 11) is 0. The van der Waals surface area contributed by atoms with Crippen LogP contribution in [0, 0.1) is 0 Å². The number of aliphatic hydroxyl groups excluding tert-OH is 1. The molecule has 0 heterocycles. The maximum atomic E-state index is 9.22. The van der Waals surface area contributed by atoms with Gasteiger partial charge in [0.05, 0.1) is 0 Å². The van der Waals surface area contributed by atoms with Crippen molar-refractivity contribution in [2.45, 2.75) is 44.8 Å². The van der Waals surface area contributed by atoms with Gasteiger partial charge < -0.3 is 15.3 Å². The van der Waals surface area contributed by atoms with E-state index in [1.165, 1.54) is 0 Å². The minimum atomic E-state index is -1.51. The molecule has 0 radical (unpaired) electrons. The SMILES string of the molecule is CCCC(O)(O)CCCCO. The van der Waals surface area contributed by atoms with Crippen LogP contribution >= 0.6 is 0 Å². The Balaban J connectivity index is 3.38. The molecule has 3 nitrogen and oxygen atoms in total. The molecule has 0 fully saturated rings. The highest BCUT2D eigenvalue weighted by molar-refractivity contribution is 4.63. The van der Waals surface area contributed by atoms with Gasteiger partial charge in [-0.3, -0.25) is 0 Å². The van der Waals surface area contributed by atoms with Gasteiger partial charge in [0.15, 0.2) is 5.79 Å². The molecule has 0 atom stereocenters. The van der Waals surface area contributed by atoms with Crippen LogP contribution in [0.25, 0.3) is 0 Å². The number of hydrogen-bond acceptors (Lipinski definition) is 3. The molecule has 0 aliphatic heterocycles. The molecule has 0 aliphatic rings. The molecule has 68 valence electrons. The molecule has 0 aromatic carbocycles. The average molecular weight is 162 g/mol. The van der Waals surface area contributed by atoms with Crippen LogP contribution in [0.4, 0.5) is 0 Å². The molecule has 0 aromatic rings. The highest BCUT2D eigenvalue weighted by Crippen LogP contribution is 2.16. The van der Waals surface area contributed by atoms with E-state index in [2.05, 4.69) is 0 Å². The van der Waals surface area contributed by atoms with E-state index >= 15 is 0 Å². The molecule has 0 saturated heterocycles. The number of hydrogen-bond donors (Lipinski definition) is 3. The molecule has 0 rings (SSSR count). The lowest BCUT2D eigenvalue weighted by Gasteiger charge is -2.20. The molecule has 3 N–H and O–H groups in total. The highest BCUT2D eigenvalue weighted by atomic mass is 16.5. The first-order valence-corrected chi connectivity index (χ1v) is 4.18. The van der Waals surface area contributed by atoms with Crippen molar-refractivity contribution in [2.75, 3.05) is 6.61 Å². The normalized spacial score (nSPS) is 12.0. The molecule has 0 bridgehead atoms. The fraction of sp³-hybridized carbons (Fsp3) is 1.00. The molecule has 0 amide bonds. The van der Waals surface area contributed by atoms with Gasteiger partial charge in [-0.1, -0.05) is 13.3 Å². The predicted molar refractivity (Wildman–Crippen MR) is 43.0 cm³/mol. The first-order valence-electron chi connectivity index (χ1n) is 4.18. The van der Waals surface area contributed by atoms with Crippen molar-refractivity contribution in [3.63, 3.8) is 0 Å². The number of rotatable bonds is 6. The third kappa shape index (κ3) is 6.28. The summed E-state index contributed by atoms with van der Waals surface area (Å²) in [6, 6.07) is 0.